The van der Waals surface area contributed by atoms with E-state index in [4.69, 9.17) is 13.7 Å². The molecule has 0 rings (SSSR count). The average molecular weight is 464 g/mol. The monoisotopic (exact) mass is 463 g/mol. The van der Waals surface area contributed by atoms with Gasteiger partial charge in [0.05, 0.1) is 13.7 Å². The minimum Gasteiger partial charge on any atom is -0.356 e. The highest BCUT2D eigenvalue weighted by atomic mass is 31.2. The predicted molar refractivity (Wildman–Crippen MR) is 130 cm³/mol. The van der Waals surface area contributed by atoms with Gasteiger partial charge in [0.15, 0.2) is 0 Å². The molecule has 31 heavy (non-hydrogen) atoms. The standard InChI is InChI=1S/C24H50NO5P/c1-4-5-6-7-8-9-10-11-12-13-14-15-18-21-24(26)25-22-19-16-17-20-23-29-31(28-3)30-27-2/h4-23H2,1-3H3,(H,25,26). The van der Waals surface area contributed by atoms with Gasteiger partial charge >= 0.3 is 8.60 Å². The summed E-state index contributed by atoms with van der Waals surface area (Å²) in [5.41, 5.74) is 0. The third-order valence-electron chi connectivity index (χ3n) is 5.38. The number of nitrogens with one attached hydrogen (secondary N) is 1. The second-order valence-corrected chi connectivity index (χ2v) is 9.46. The number of carbonyl (C=O) groups excluding carboxylic acids is 1. The summed E-state index contributed by atoms with van der Waals surface area (Å²) in [6.07, 6.45) is 22.1. The van der Waals surface area contributed by atoms with Crippen molar-refractivity contribution in [2.24, 2.45) is 0 Å². The molecule has 1 N–H and O–H groups in total. The quantitative estimate of drug-likeness (QED) is 0.0653. The summed E-state index contributed by atoms with van der Waals surface area (Å²) in [6, 6.07) is 0. The first-order valence-electron chi connectivity index (χ1n) is 12.7. The van der Waals surface area contributed by atoms with Gasteiger partial charge in [-0.25, -0.2) is 4.89 Å². The summed E-state index contributed by atoms with van der Waals surface area (Å²) < 4.78 is 15.2. The fourth-order valence-electron chi connectivity index (χ4n) is 3.50. The first kappa shape index (κ1) is 30.7. The van der Waals surface area contributed by atoms with E-state index in [1.54, 1.807) is 0 Å². The van der Waals surface area contributed by atoms with E-state index in [9.17, 15) is 4.79 Å². The zero-order chi connectivity index (χ0) is 22.8. The molecule has 0 saturated carbocycles. The van der Waals surface area contributed by atoms with Crippen molar-refractivity contribution < 1.29 is 23.4 Å². The van der Waals surface area contributed by atoms with Crippen molar-refractivity contribution in [3.8, 4) is 0 Å². The van der Waals surface area contributed by atoms with Crippen molar-refractivity contribution in [1.82, 2.24) is 5.32 Å². The van der Waals surface area contributed by atoms with Crippen LogP contribution in [0, 0.1) is 0 Å². The predicted octanol–water partition coefficient (Wildman–Crippen LogP) is 7.61. The molecule has 0 aliphatic heterocycles. The summed E-state index contributed by atoms with van der Waals surface area (Å²) in [5, 5.41) is 3.04. The van der Waals surface area contributed by atoms with Crippen LogP contribution in [0.2, 0.25) is 0 Å². The highest BCUT2D eigenvalue weighted by molar-refractivity contribution is 7.41. The van der Waals surface area contributed by atoms with Crippen molar-refractivity contribution in [3.05, 3.63) is 0 Å². The summed E-state index contributed by atoms with van der Waals surface area (Å²) in [5.74, 6) is 0.203. The molecule has 0 aromatic rings. The number of unbranched alkanes of at least 4 members (excludes halogenated alkanes) is 15. The van der Waals surface area contributed by atoms with Crippen molar-refractivity contribution in [1.29, 1.82) is 0 Å². The molecule has 0 heterocycles. The molecular formula is C24H50NO5P. The molecule has 1 unspecified atom stereocenters. The van der Waals surface area contributed by atoms with Crippen molar-refractivity contribution in [2.75, 3.05) is 27.4 Å². The number of hydrogen-bond donors (Lipinski definition) is 1. The second kappa shape index (κ2) is 26.0. The van der Waals surface area contributed by atoms with Gasteiger partial charge in [-0.1, -0.05) is 96.8 Å². The van der Waals surface area contributed by atoms with Gasteiger partial charge in [-0.05, 0) is 19.3 Å². The van der Waals surface area contributed by atoms with E-state index in [1.807, 2.05) is 0 Å². The Bertz CT molecular complexity index is 374. The summed E-state index contributed by atoms with van der Waals surface area (Å²) in [6.45, 7) is 3.64. The van der Waals surface area contributed by atoms with E-state index >= 15 is 0 Å². The zero-order valence-electron chi connectivity index (χ0n) is 20.6. The summed E-state index contributed by atoms with van der Waals surface area (Å²) >= 11 is 0. The summed E-state index contributed by atoms with van der Waals surface area (Å²) in [7, 11) is 1.58. The van der Waals surface area contributed by atoms with Crippen molar-refractivity contribution >= 4 is 14.5 Å². The molecule has 0 aromatic heterocycles. The minimum absolute atomic E-state index is 0.203. The molecule has 6 nitrogen and oxygen atoms in total. The Balaban J connectivity index is 3.23. The van der Waals surface area contributed by atoms with Crippen LogP contribution < -0.4 is 5.32 Å². The lowest BCUT2D eigenvalue weighted by Gasteiger charge is -2.11. The molecule has 0 aliphatic carbocycles. The Morgan fingerprint density at radius 3 is 1.77 bits per heavy atom. The first-order chi connectivity index (χ1) is 15.2. The van der Waals surface area contributed by atoms with Gasteiger partial charge in [-0.3, -0.25) is 4.79 Å². The van der Waals surface area contributed by atoms with Gasteiger partial charge < -0.3 is 14.4 Å². The molecule has 0 bridgehead atoms. The number of hydrogen-bond acceptors (Lipinski definition) is 5. The Hall–Kier alpha value is -0.260. The Morgan fingerprint density at radius 1 is 0.710 bits per heavy atom. The smallest absolute Gasteiger partial charge is 0.356 e. The van der Waals surface area contributed by atoms with E-state index < -0.39 is 8.60 Å². The van der Waals surface area contributed by atoms with E-state index in [0.29, 0.717) is 13.0 Å². The van der Waals surface area contributed by atoms with E-state index in [2.05, 4.69) is 17.1 Å². The van der Waals surface area contributed by atoms with Crippen LogP contribution in [-0.4, -0.2) is 33.3 Å². The van der Waals surface area contributed by atoms with Crippen LogP contribution >= 0.6 is 8.60 Å². The number of rotatable bonds is 25. The third-order valence-corrected chi connectivity index (χ3v) is 6.34. The van der Waals surface area contributed by atoms with Crippen LogP contribution in [0.15, 0.2) is 0 Å². The molecule has 0 saturated heterocycles. The lowest BCUT2D eigenvalue weighted by molar-refractivity contribution is -0.189. The average Bonchev–Trinajstić information content (AvgIpc) is 2.77. The number of carbonyl (C=O) groups is 1. The second-order valence-electron chi connectivity index (χ2n) is 8.24. The maximum atomic E-state index is 11.9. The largest absolute Gasteiger partial charge is 0.362 e. The molecule has 1 atom stereocenters. The van der Waals surface area contributed by atoms with Gasteiger partial charge in [0.2, 0.25) is 5.91 Å². The Kier molecular flexibility index (Phi) is 25.8. The van der Waals surface area contributed by atoms with Crippen LogP contribution in [0.3, 0.4) is 0 Å². The molecule has 0 radical (unpaired) electrons. The molecule has 0 aromatic carbocycles. The SMILES string of the molecule is CCCCCCCCCCCCCCCC(=O)NCCCCCCOP(OC)OOC. The molecule has 0 spiro atoms. The first-order valence-corrected chi connectivity index (χ1v) is 13.8. The van der Waals surface area contributed by atoms with E-state index in [-0.39, 0.29) is 5.91 Å². The van der Waals surface area contributed by atoms with Gasteiger partial charge in [0.25, 0.3) is 0 Å². The van der Waals surface area contributed by atoms with E-state index in [1.165, 1.54) is 91.3 Å². The highest BCUT2D eigenvalue weighted by Crippen LogP contribution is 2.38. The fraction of sp³-hybridized carbons (Fsp3) is 0.958. The normalized spacial score (nSPS) is 12.2. The van der Waals surface area contributed by atoms with Crippen molar-refractivity contribution in [3.63, 3.8) is 0 Å². The van der Waals surface area contributed by atoms with Crippen molar-refractivity contribution in [2.45, 2.75) is 122 Å². The van der Waals surface area contributed by atoms with E-state index in [0.717, 1.165) is 38.6 Å². The van der Waals surface area contributed by atoms with Gasteiger partial charge in [-0.15, -0.1) is 0 Å². The lowest BCUT2D eigenvalue weighted by atomic mass is 10.0. The lowest BCUT2D eigenvalue weighted by Crippen LogP contribution is -2.23. The fourth-order valence-corrected chi connectivity index (χ4v) is 4.11. The Morgan fingerprint density at radius 2 is 1.23 bits per heavy atom. The van der Waals surface area contributed by atoms with Crippen LogP contribution in [0.5, 0.6) is 0 Å². The van der Waals surface area contributed by atoms with Crippen LogP contribution in [0.1, 0.15) is 122 Å². The Labute approximate surface area is 193 Å². The zero-order valence-corrected chi connectivity index (χ0v) is 21.5. The minimum atomic E-state index is -1.39. The van der Waals surface area contributed by atoms with Crippen LogP contribution in [0.25, 0.3) is 0 Å². The van der Waals surface area contributed by atoms with Crippen LogP contribution in [0.4, 0.5) is 0 Å². The van der Waals surface area contributed by atoms with Gasteiger partial charge in [0, 0.05) is 20.1 Å². The van der Waals surface area contributed by atoms with Gasteiger partial charge in [0.1, 0.15) is 0 Å². The maximum absolute atomic E-state index is 11.9. The third kappa shape index (κ3) is 24.2. The topological polar surface area (TPSA) is 66.0 Å². The molecule has 186 valence electrons. The maximum Gasteiger partial charge on any atom is 0.362 e. The van der Waals surface area contributed by atoms with Gasteiger partial charge in [-0.2, -0.15) is 4.67 Å². The molecule has 0 aliphatic rings. The molecular weight excluding hydrogens is 413 g/mol. The molecule has 1 amide bonds. The van der Waals surface area contributed by atoms with Crippen LogP contribution in [-0.2, 0) is 23.4 Å². The highest BCUT2D eigenvalue weighted by Gasteiger charge is 2.09. The molecule has 7 heteroatoms. The molecule has 0 fully saturated rings. The summed E-state index contributed by atoms with van der Waals surface area (Å²) in [4.78, 5) is 16.4. The number of amides is 1.